The molecule has 120 valence electrons. The van der Waals surface area contributed by atoms with Gasteiger partial charge in [-0.15, -0.1) is 11.8 Å². The smallest absolute Gasteiger partial charge is 0.253 e. The molecule has 0 aliphatic heterocycles. The summed E-state index contributed by atoms with van der Waals surface area (Å²) >= 11 is 1.71. The molecule has 0 aliphatic carbocycles. The third kappa shape index (κ3) is 4.86. The van der Waals surface area contributed by atoms with Gasteiger partial charge in [-0.05, 0) is 41.6 Å². The molecule has 0 saturated carbocycles. The second kappa shape index (κ2) is 8.39. The zero-order valence-corrected chi connectivity index (χ0v) is 14.3. The second-order valence-corrected chi connectivity index (χ2v) is 5.93. The number of benzene rings is 2. The van der Waals surface area contributed by atoms with Crippen molar-refractivity contribution in [3.63, 3.8) is 0 Å². The van der Waals surface area contributed by atoms with E-state index >= 15 is 0 Å². The van der Waals surface area contributed by atoms with Gasteiger partial charge in [-0.25, -0.2) is 0 Å². The van der Waals surface area contributed by atoms with E-state index in [1.165, 1.54) is 12.0 Å². The van der Waals surface area contributed by atoms with E-state index in [1.807, 2.05) is 25.4 Å². The molecule has 0 atom stereocenters. The fourth-order valence-electron chi connectivity index (χ4n) is 2.12. The number of carbonyl (C=O) groups excluding carboxylic acids is 1. The number of carbonyl (C=O) groups is 1. The molecule has 2 rings (SSSR count). The summed E-state index contributed by atoms with van der Waals surface area (Å²) in [7, 11) is 3.31. The van der Waals surface area contributed by atoms with E-state index in [2.05, 4.69) is 34.3 Å². The van der Waals surface area contributed by atoms with Crippen molar-refractivity contribution >= 4 is 23.9 Å². The van der Waals surface area contributed by atoms with Crippen LogP contribution >= 0.6 is 11.8 Å². The maximum Gasteiger partial charge on any atom is 0.253 e. The number of hydrogen-bond acceptors (Lipinski definition) is 4. The molecule has 0 bridgehead atoms. The van der Waals surface area contributed by atoms with Gasteiger partial charge in [0.25, 0.3) is 5.91 Å². The van der Waals surface area contributed by atoms with Crippen molar-refractivity contribution < 1.29 is 9.63 Å². The summed E-state index contributed by atoms with van der Waals surface area (Å²) in [6, 6.07) is 15.5. The highest BCUT2D eigenvalue weighted by atomic mass is 32.2. The van der Waals surface area contributed by atoms with E-state index in [-0.39, 0.29) is 5.91 Å². The highest BCUT2D eigenvalue weighted by Crippen LogP contribution is 2.16. The van der Waals surface area contributed by atoms with Crippen LogP contribution in [0.25, 0.3) is 0 Å². The molecule has 2 aromatic carbocycles. The van der Waals surface area contributed by atoms with Gasteiger partial charge in [0, 0.05) is 24.1 Å². The van der Waals surface area contributed by atoms with Gasteiger partial charge in [0.2, 0.25) is 0 Å². The minimum Gasteiger partial charge on any atom is -0.399 e. The van der Waals surface area contributed by atoms with Crippen molar-refractivity contribution in [1.82, 2.24) is 4.90 Å². The van der Waals surface area contributed by atoms with Gasteiger partial charge in [-0.1, -0.05) is 29.4 Å². The topological polar surface area (TPSA) is 41.9 Å². The molecule has 5 heteroatoms. The third-order valence-electron chi connectivity index (χ3n) is 3.39. The van der Waals surface area contributed by atoms with Crippen molar-refractivity contribution in [2.75, 3.05) is 20.4 Å². The Morgan fingerprint density at radius 2 is 1.83 bits per heavy atom. The number of nitrogens with zero attached hydrogens (tertiary/aromatic N) is 2. The van der Waals surface area contributed by atoms with Crippen LogP contribution in [0.4, 0.5) is 0 Å². The number of hydrogen-bond donors (Lipinski definition) is 0. The van der Waals surface area contributed by atoms with Crippen molar-refractivity contribution in [2.45, 2.75) is 11.4 Å². The van der Waals surface area contributed by atoms with Gasteiger partial charge in [-0.2, -0.15) is 0 Å². The SMILES string of the molecule is CO/N=C/c1ccc(C(=O)N(C)Cc2ccc(SC)cc2)cc1. The molecular weight excluding hydrogens is 308 g/mol. The van der Waals surface area contributed by atoms with E-state index in [0.29, 0.717) is 12.1 Å². The highest BCUT2D eigenvalue weighted by Gasteiger charge is 2.11. The van der Waals surface area contributed by atoms with E-state index < -0.39 is 0 Å². The Labute approximate surface area is 141 Å². The lowest BCUT2D eigenvalue weighted by atomic mass is 10.1. The lowest BCUT2D eigenvalue weighted by Gasteiger charge is -2.17. The molecule has 2 aromatic rings. The lowest BCUT2D eigenvalue weighted by molar-refractivity contribution is 0.0785. The van der Waals surface area contributed by atoms with Crippen LogP contribution < -0.4 is 0 Å². The molecular formula is C18H20N2O2S. The Balaban J connectivity index is 2.02. The summed E-state index contributed by atoms with van der Waals surface area (Å²) in [6.45, 7) is 0.584. The largest absolute Gasteiger partial charge is 0.399 e. The molecule has 0 aliphatic rings. The Kier molecular flexibility index (Phi) is 6.23. The summed E-state index contributed by atoms with van der Waals surface area (Å²) in [5.41, 5.74) is 2.66. The van der Waals surface area contributed by atoms with Crippen molar-refractivity contribution in [2.24, 2.45) is 5.16 Å². The summed E-state index contributed by atoms with van der Waals surface area (Å²) in [5, 5.41) is 3.70. The zero-order chi connectivity index (χ0) is 16.7. The molecule has 0 spiro atoms. The lowest BCUT2D eigenvalue weighted by Crippen LogP contribution is -2.26. The predicted octanol–water partition coefficient (Wildman–Crippen LogP) is 3.66. The van der Waals surface area contributed by atoms with Gasteiger partial charge in [0.15, 0.2) is 0 Å². The van der Waals surface area contributed by atoms with Crippen LogP contribution in [0.1, 0.15) is 21.5 Å². The molecule has 0 N–H and O–H groups in total. The van der Waals surface area contributed by atoms with Crippen LogP contribution in [0.15, 0.2) is 58.6 Å². The van der Waals surface area contributed by atoms with Crippen LogP contribution in [0.5, 0.6) is 0 Å². The molecule has 4 nitrogen and oxygen atoms in total. The standard InChI is InChI=1S/C18H20N2O2S/c1-20(13-15-6-10-17(23-3)11-7-15)18(21)16-8-4-14(5-9-16)12-19-22-2/h4-12H,13H2,1-3H3/b19-12+. The molecule has 0 aromatic heterocycles. The normalized spacial score (nSPS) is 10.7. The molecule has 0 fully saturated rings. The summed E-state index contributed by atoms with van der Waals surface area (Å²) in [4.78, 5) is 20.0. The third-order valence-corrected chi connectivity index (χ3v) is 4.13. The van der Waals surface area contributed by atoms with Gasteiger partial charge < -0.3 is 9.74 Å². The van der Waals surface area contributed by atoms with Gasteiger partial charge >= 0.3 is 0 Å². The average Bonchev–Trinajstić information content (AvgIpc) is 2.60. The van der Waals surface area contributed by atoms with Crippen LogP contribution in [0.3, 0.4) is 0 Å². The quantitative estimate of drug-likeness (QED) is 0.462. The van der Waals surface area contributed by atoms with E-state index in [9.17, 15) is 4.79 Å². The van der Waals surface area contributed by atoms with E-state index in [1.54, 1.807) is 35.0 Å². The first-order chi connectivity index (χ1) is 11.1. The van der Waals surface area contributed by atoms with Gasteiger partial charge in [-0.3, -0.25) is 4.79 Å². The average molecular weight is 328 g/mol. The first-order valence-electron chi connectivity index (χ1n) is 7.19. The predicted molar refractivity (Wildman–Crippen MR) is 95.1 cm³/mol. The maximum atomic E-state index is 12.5. The number of thioether (sulfide) groups is 1. The Morgan fingerprint density at radius 3 is 2.39 bits per heavy atom. The number of oxime groups is 1. The minimum absolute atomic E-state index is 0.00540. The van der Waals surface area contributed by atoms with Crippen LogP contribution in [0.2, 0.25) is 0 Å². The van der Waals surface area contributed by atoms with Crippen molar-refractivity contribution in [3.05, 3.63) is 65.2 Å². The van der Waals surface area contributed by atoms with Crippen LogP contribution in [0, 0.1) is 0 Å². The molecule has 1 amide bonds. The van der Waals surface area contributed by atoms with Crippen LogP contribution in [-0.2, 0) is 11.4 Å². The summed E-state index contributed by atoms with van der Waals surface area (Å²) in [6.07, 6.45) is 3.65. The van der Waals surface area contributed by atoms with Crippen molar-refractivity contribution in [1.29, 1.82) is 0 Å². The molecule has 0 radical (unpaired) electrons. The first-order valence-corrected chi connectivity index (χ1v) is 8.41. The fourth-order valence-corrected chi connectivity index (χ4v) is 2.53. The zero-order valence-electron chi connectivity index (χ0n) is 13.5. The minimum atomic E-state index is -0.00540. The summed E-state index contributed by atoms with van der Waals surface area (Å²) in [5.74, 6) is -0.00540. The Hall–Kier alpha value is -2.27. The number of rotatable bonds is 6. The highest BCUT2D eigenvalue weighted by molar-refractivity contribution is 7.98. The van der Waals surface area contributed by atoms with Crippen LogP contribution in [-0.4, -0.2) is 37.4 Å². The van der Waals surface area contributed by atoms with Crippen molar-refractivity contribution in [3.8, 4) is 0 Å². The monoisotopic (exact) mass is 328 g/mol. The number of amides is 1. The Bertz CT molecular complexity index is 666. The second-order valence-electron chi connectivity index (χ2n) is 5.05. The molecule has 0 saturated heterocycles. The molecule has 23 heavy (non-hydrogen) atoms. The first kappa shape index (κ1) is 17.1. The van der Waals surface area contributed by atoms with Gasteiger partial charge in [0.1, 0.15) is 7.11 Å². The molecule has 0 unspecified atom stereocenters. The molecule has 0 heterocycles. The van der Waals surface area contributed by atoms with E-state index in [4.69, 9.17) is 0 Å². The van der Waals surface area contributed by atoms with Gasteiger partial charge in [0.05, 0.1) is 6.21 Å². The fraction of sp³-hybridized carbons (Fsp3) is 0.222. The maximum absolute atomic E-state index is 12.5. The van der Waals surface area contributed by atoms with E-state index in [0.717, 1.165) is 11.1 Å². The summed E-state index contributed by atoms with van der Waals surface area (Å²) < 4.78 is 0. The Morgan fingerprint density at radius 1 is 1.17 bits per heavy atom.